The van der Waals surface area contributed by atoms with E-state index in [0.717, 1.165) is 38.1 Å². The minimum Gasteiger partial charge on any atom is -0.356 e. The van der Waals surface area contributed by atoms with Gasteiger partial charge in [-0.2, -0.15) is 0 Å². The maximum Gasteiger partial charge on any atom is 0.223 e. The van der Waals surface area contributed by atoms with E-state index in [1.54, 1.807) is 6.20 Å². The van der Waals surface area contributed by atoms with E-state index >= 15 is 0 Å². The van der Waals surface area contributed by atoms with E-state index in [1.807, 2.05) is 6.20 Å². The van der Waals surface area contributed by atoms with E-state index in [2.05, 4.69) is 15.3 Å². The molecule has 0 saturated heterocycles. The molecule has 1 fully saturated rings. The van der Waals surface area contributed by atoms with Gasteiger partial charge in [0.15, 0.2) is 0 Å². The Bertz CT molecular complexity index is 340. The number of carbonyl (C=O) groups is 1. The van der Waals surface area contributed by atoms with Crippen LogP contribution in [0, 0.1) is 5.92 Å². The fourth-order valence-electron chi connectivity index (χ4n) is 2.59. The lowest BCUT2D eigenvalue weighted by Crippen LogP contribution is -2.31. The molecule has 0 radical (unpaired) electrons. The van der Waals surface area contributed by atoms with Crippen molar-refractivity contribution < 1.29 is 4.79 Å². The number of aromatic amines is 1. The van der Waals surface area contributed by atoms with E-state index in [-0.39, 0.29) is 11.8 Å². The molecule has 4 nitrogen and oxygen atoms in total. The highest BCUT2D eigenvalue weighted by atomic mass is 16.1. The Hall–Kier alpha value is -1.32. The van der Waals surface area contributed by atoms with Gasteiger partial charge in [-0.3, -0.25) is 4.79 Å². The maximum atomic E-state index is 12.0. The highest BCUT2D eigenvalue weighted by Crippen LogP contribution is 2.22. The maximum absolute atomic E-state index is 12.0. The Kier molecular flexibility index (Phi) is 5.24. The largest absolute Gasteiger partial charge is 0.356 e. The average Bonchev–Trinajstić information content (AvgIpc) is 2.74. The van der Waals surface area contributed by atoms with Gasteiger partial charge in [0.25, 0.3) is 0 Å². The monoisotopic (exact) mass is 249 g/mol. The van der Waals surface area contributed by atoms with E-state index in [0.29, 0.717) is 0 Å². The summed E-state index contributed by atoms with van der Waals surface area (Å²) in [5, 5.41) is 3.06. The number of hydrogen-bond acceptors (Lipinski definition) is 2. The number of carbonyl (C=O) groups excluding carboxylic acids is 1. The minimum atomic E-state index is 0.260. The summed E-state index contributed by atoms with van der Waals surface area (Å²) in [6.45, 7) is 0.760. The van der Waals surface area contributed by atoms with E-state index in [1.165, 1.54) is 25.7 Å². The summed E-state index contributed by atoms with van der Waals surface area (Å²) in [6.07, 6.45) is 12.6. The van der Waals surface area contributed by atoms with Crippen molar-refractivity contribution in [2.45, 2.75) is 51.4 Å². The fourth-order valence-corrected chi connectivity index (χ4v) is 2.59. The van der Waals surface area contributed by atoms with Crippen LogP contribution >= 0.6 is 0 Å². The number of H-pyrrole nitrogens is 1. The molecule has 1 aromatic rings. The third kappa shape index (κ3) is 4.17. The van der Waals surface area contributed by atoms with E-state index in [4.69, 9.17) is 0 Å². The smallest absolute Gasteiger partial charge is 0.223 e. The van der Waals surface area contributed by atoms with Crippen LogP contribution in [0.25, 0.3) is 0 Å². The van der Waals surface area contributed by atoms with Crippen molar-refractivity contribution in [3.63, 3.8) is 0 Å². The predicted molar refractivity (Wildman–Crippen MR) is 71.1 cm³/mol. The first-order valence-electron chi connectivity index (χ1n) is 7.12. The van der Waals surface area contributed by atoms with Crippen LogP contribution in [0.2, 0.25) is 0 Å². The molecule has 0 aromatic carbocycles. The molecular formula is C14H23N3O. The molecule has 18 heavy (non-hydrogen) atoms. The molecule has 1 aromatic heterocycles. The van der Waals surface area contributed by atoms with Crippen LogP contribution in [0.5, 0.6) is 0 Å². The van der Waals surface area contributed by atoms with E-state index in [9.17, 15) is 4.79 Å². The second-order valence-corrected chi connectivity index (χ2v) is 5.12. The lowest BCUT2D eigenvalue weighted by Gasteiger charge is -2.13. The molecular weight excluding hydrogens is 226 g/mol. The van der Waals surface area contributed by atoms with Crippen molar-refractivity contribution in [2.24, 2.45) is 5.92 Å². The zero-order valence-corrected chi connectivity index (χ0v) is 11.0. The van der Waals surface area contributed by atoms with Gasteiger partial charge >= 0.3 is 0 Å². The molecule has 1 aliphatic rings. The van der Waals surface area contributed by atoms with Crippen LogP contribution < -0.4 is 5.32 Å². The zero-order chi connectivity index (χ0) is 12.6. The van der Waals surface area contributed by atoms with Gasteiger partial charge in [0, 0.05) is 31.3 Å². The first-order chi connectivity index (χ1) is 8.86. The second kappa shape index (κ2) is 7.19. The Labute approximate surface area is 109 Å². The third-order valence-corrected chi connectivity index (χ3v) is 3.67. The van der Waals surface area contributed by atoms with Crippen LogP contribution in [0.15, 0.2) is 12.4 Å². The van der Waals surface area contributed by atoms with Crippen molar-refractivity contribution >= 4 is 5.91 Å². The SMILES string of the molecule is O=C(NCCCc1ncc[nH]1)C1CCCCCC1. The van der Waals surface area contributed by atoms with Gasteiger partial charge in [-0.1, -0.05) is 25.7 Å². The Balaban J connectivity index is 1.61. The number of nitrogens with zero attached hydrogens (tertiary/aromatic N) is 1. The van der Waals surface area contributed by atoms with Crippen LogP contribution in [-0.4, -0.2) is 22.4 Å². The zero-order valence-electron chi connectivity index (χ0n) is 11.0. The number of hydrogen-bond donors (Lipinski definition) is 2. The lowest BCUT2D eigenvalue weighted by atomic mass is 9.99. The van der Waals surface area contributed by atoms with Gasteiger partial charge in [0.1, 0.15) is 5.82 Å². The molecule has 2 N–H and O–H groups in total. The number of aromatic nitrogens is 2. The Morgan fingerprint density at radius 1 is 1.33 bits per heavy atom. The fraction of sp³-hybridized carbons (Fsp3) is 0.714. The van der Waals surface area contributed by atoms with Crippen molar-refractivity contribution in [1.82, 2.24) is 15.3 Å². The number of amides is 1. The van der Waals surface area contributed by atoms with Gasteiger partial charge in [-0.25, -0.2) is 4.98 Å². The molecule has 100 valence electrons. The Morgan fingerprint density at radius 3 is 2.78 bits per heavy atom. The van der Waals surface area contributed by atoms with Crippen molar-refractivity contribution in [1.29, 1.82) is 0 Å². The molecule has 2 rings (SSSR count). The van der Waals surface area contributed by atoms with Crippen LogP contribution in [0.3, 0.4) is 0 Å². The third-order valence-electron chi connectivity index (χ3n) is 3.67. The average molecular weight is 249 g/mol. The number of rotatable bonds is 5. The van der Waals surface area contributed by atoms with Gasteiger partial charge < -0.3 is 10.3 Å². The number of aryl methyl sites for hydroxylation is 1. The standard InChI is InChI=1S/C14H23N3O/c18-14(12-6-3-1-2-4-7-12)17-9-5-8-13-15-10-11-16-13/h10-12H,1-9H2,(H,15,16)(H,17,18). The molecule has 1 heterocycles. The van der Waals surface area contributed by atoms with Crippen LogP contribution in [-0.2, 0) is 11.2 Å². The van der Waals surface area contributed by atoms with Gasteiger partial charge in [0.05, 0.1) is 0 Å². The number of imidazole rings is 1. The summed E-state index contributed by atoms with van der Waals surface area (Å²) in [5.74, 6) is 1.52. The van der Waals surface area contributed by atoms with E-state index < -0.39 is 0 Å². The molecule has 1 amide bonds. The normalized spacial score (nSPS) is 17.3. The summed E-state index contributed by atoms with van der Waals surface area (Å²) >= 11 is 0. The quantitative estimate of drug-likeness (QED) is 0.622. The van der Waals surface area contributed by atoms with Gasteiger partial charge in [-0.15, -0.1) is 0 Å². The minimum absolute atomic E-state index is 0.260. The van der Waals surface area contributed by atoms with Crippen molar-refractivity contribution in [3.05, 3.63) is 18.2 Å². The topological polar surface area (TPSA) is 57.8 Å². The van der Waals surface area contributed by atoms with Crippen LogP contribution in [0.4, 0.5) is 0 Å². The van der Waals surface area contributed by atoms with Crippen LogP contribution in [0.1, 0.15) is 50.8 Å². The lowest BCUT2D eigenvalue weighted by molar-refractivity contribution is -0.125. The van der Waals surface area contributed by atoms with Crippen molar-refractivity contribution in [2.75, 3.05) is 6.54 Å². The van der Waals surface area contributed by atoms with Gasteiger partial charge in [0.2, 0.25) is 5.91 Å². The summed E-state index contributed by atoms with van der Waals surface area (Å²) in [6, 6.07) is 0. The molecule has 1 aliphatic carbocycles. The number of nitrogens with one attached hydrogen (secondary N) is 2. The predicted octanol–water partition coefficient (Wildman–Crippen LogP) is 2.43. The molecule has 0 aliphatic heterocycles. The summed E-state index contributed by atoms with van der Waals surface area (Å²) < 4.78 is 0. The second-order valence-electron chi connectivity index (χ2n) is 5.12. The first-order valence-corrected chi connectivity index (χ1v) is 7.12. The molecule has 4 heteroatoms. The molecule has 0 atom stereocenters. The first kappa shape index (κ1) is 13.1. The molecule has 1 saturated carbocycles. The molecule has 0 unspecified atom stereocenters. The molecule has 0 spiro atoms. The van der Waals surface area contributed by atoms with Crippen molar-refractivity contribution in [3.8, 4) is 0 Å². The highest BCUT2D eigenvalue weighted by molar-refractivity contribution is 5.78. The highest BCUT2D eigenvalue weighted by Gasteiger charge is 2.19. The summed E-state index contributed by atoms with van der Waals surface area (Å²) in [4.78, 5) is 19.2. The Morgan fingerprint density at radius 2 is 2.11 bits per heavy atom. The summed E-state index contributed by atoms with van der Waals surface area (Å²) in [7, 11) is 0. The summed E-state index contributed by atoms with van der Waals surface area (Å²) in [5.41, 5.74) is 0. The van der Waals surface area contributed by atoms with Gasteiger partial charge in [-0.05, 0) is 19.3 Å². The molecule has 0 bridgehead atoms.